The summed E-state index contributed by atoms with van der Waals surface area (Å²) in [4.78, 5) is 0. The molecular formula is C17H31NOS. The molecule has 2 saturated heterocycles. The zero-order chi connectivity index (χ0) is 14.2. The van der Waals surface area contributed by atoms with Crippen molar-refractivity contribution >= 4 is 11.8 Å². The summed E-state index contributed by atoms with van der Waals surface area (Å²) >= 11 is 2.07. The molecule has 2 aliphatic heterocycles. The van der Waals surface area contributed by atoms with E-state index in [9.17, 15) is 0 Å². The van der Waals surface area contributed by atoms with Crippen LogP contribution in [0, 0.1) is 17.8 Å². The van der Waals surface area contributed by atoms with Crippen molar-refractivity contribution in [2.45, 2.75) is 69.9 Å². The smallest absolute Gasteiger partial charge is 0.0783 e. The van der Waals surface area contributed by atoms with Crippen molar-refractivity contribution in [2.24, 2.45) is 23.5 Å². The van der Waals surface area contributed by atoms with Gasteiger partial charge in [-0.3, -0.25) is 0 Å². The van der Waals surface area contributed by atoms with Crippen LogP contribution >= 0.6 is 11.8 Å². The van der Waals surface area contributed by atoms with Crippen molar-refractivity contribution in [1.82, 2.24) is 0 Å². The van der Waals surface area contributed by atoms with Crippen LogP contribution in [-0.2, 0) is 4.74 Å². The van der Waals surface area contributed by atoms with Gasteiger partial charge < -0.3 is 10.5 Å². The predicted octanol–water partition coefficient (Wildman–Crippen LogP) is 3.83. The second kappa shape index (κ2) is 5.81. The van der Waals surface area contributed by atoms with E-state index in [2.05, 4.69) is 25.6 Å². The Morgan fingerprint density at radius 1 is 1.20 bits per heavy atom. The molecule has 3 rings (SSSR count). The molecule has 3 heteroatoms. The summed E-state index contributed by atoms with van der Waals surface area (Å²) in [5, 5.41) is 0. The fraction of sp³-hybridized carbons (Fsp3) is 1.00. The Balaban J connectivity index is 1.70. The molecule has 20 heavy (non-hydrogen) atoms. The van der Waals surface area contributed by atoms with E-state index in [1.165, 1.54) is 56.5 Å². The summed E-state index contributed by atoms with van der Waals surface area (Å²) in [7, 11) is 0. The quantitative estimate of drug-likeness (QED) is 0.841. The highest BCUT2D eigenvalue weighted by molar-refractivity contribution is 7.99. The molecule has 0 aromatic carbocycles. The van der Waals surface area contributed by atoms with E-state index in [1.807, 2.05) is 0 Å². The number of thioether (sulfide) groups is 1. The Kier molecular flexibility index (Phi) is 4.41. The first-order chi connectivity index (χ1) is 9.53. The Morgan fingerprint density at radius 2 is 2.05 bits per heavy atom. The predicted molar refractivity (Wildman–Crippen MR) is 87.1 cm³/mol. The van der Waals surface area contributed by atoms with Crippen molar-refractivity contribution in [1.29, 1.82) is 0 Å². The van der Waals surface area contributed by atoms with E-state index in [4.69, 9.17) is 10.5 Å². The van der Waals surface area contributed by atoms with Gasteiger partial charge in [-0.2, -0.15) is 11.8 Å². The zero-order valence-corrected chi connectivity index (χ0v) is 14.0. The molecule has 116 valence electrons. The van der Waals surface area contributed by atoms with Crippen LogP contribution in [0.3, 0.4) is 0 Å². The summed E-state index contributed by atoms with van der Waals surface area (Å²) in [6.45, 7) is 5.68. The lowest BCUT2D eigenvalue weighted by Crippen LogP contribution is -2.56. The average Bonchev–Trinajstić information content (AvgIpc) is 2.87. The minimum absolute atomic E-state index is 0.0945. The summed E-state index contributed by atoms with van der Waals surface area (Å²) in [5.41, 5.74) is 7.23. The van der Waals surface area contributed by atoms with Crippen LogP contribution in [0.4, 0.5) is 0 Å². The van der Waals surface area contributed by atoms with E-state index in [0.717, 1.165) is 18.4 Å². The van der Waals surface area contributed by atoms with Gasteiger partial charge in [0, 0.05) is 17.9 Å². The molecule has 3 fully saturated rings. The Hall–Kier alpha value is 0.270. The lowest BCUT2D eigenvalue weighted by atomic mass is 9.63. The van der Waals surface area contributed by atoms with Crippen molar-refractivity contribution in [2.75, 3.05) is 18.1 Å². The fourth-order valence-corrected chi connectivity index (χ4v) is 6.09. The van der Waals surface area contributed by atoms with Gasteiger partial charge in [-0.15, -0.1) is 0 Å². The van der Waals surface area contributed by atoms with Crippen LogP contribution < -0.4 is 5.73 Å². The molecule has 3 aliphatic rings. The summed E-state index contributed by atoms with van der Waals surface area (Å²) in [6, 6.07) is 0. The van der Waals surface area contributed by atoms with Gasteiger partial charge in [-0.25, -0.2) is 0 Å². The third-order valence-corrected chi connectivity index (χ3v) is 7.40. The van der Waals surface area contributed by atoms with Crippen LogP contribution in [0.2, 0.25) is 0 Å². The van der Waals surface area contributed by atoms with E-state index in [1.54, 1.807) is 0 Å². The molecule has 0 amide bonds. The van der Waals surface area contributed by atoms with Gasteiger partial charge in [-0.1, -0.05) is 26.7 Å². The van der Waals surface area contributed by atoms with Crippen LogP contribution in [0.25, 0.3) is 0 Å². The first kappa shape index (κ1) is 15.2. The molecule has 2 nitrogen and oxygen atoms in total. The normalized spacial score (nSPS) is 46.2. The van der Waals surface area contributed by atoms with Crippen molar-refractivity contribution in [3.05, 3.63) is 0 Å². The van der Waals surface area contributed by atoms with Gasteiger partial charge in [-0.05, 0) is 55.6 Å². The van der Waals surface area contributed by atoms with Gasteiger partial charge in [0.2, 0.25) is 0 Å². The fourth-order valence-electron chi connectivity index (χ4n) is 4.71. The Bertz CT molecular complexity index is 340. The maximum Gasteiger partial charge on any atom is 0.0783 e. The number of ether oxygens (including phenoxy) is 1. The van der Waals surface area contributed by atoms with Crippen LogP contribution in [-0.4, -0.2) is 29.3 Å². The molecule has 1 saturated carbocycles. The number of rotatable bonds is 2. The van der Waals surface area contributed by atoms with Gasteiger partial charge in [0.05, 0.1) is 5.60 Å². The molecule has 2 N–H and O–H groups in total. The number of nitrogens with two attached hydrogens (primary N) is 1. The lowest BCUT2D eigenvalue weighted by Gasteiger charge is -2.49. The largest absolute Gasteiger partial charge is 0.374 e. The third kappa shape index (κ3) is 2.91. The van der Waals surface area contributed by atoms with Gasteiger partial charge in [0.25, 0.3) is 0 Å². The second-order valence-corrected chi connectivity index (χ2v) is 8.96. The highest BCUT2D eigenvalue weighted by Crippen LogP contribution is 2.47. The van der Waals surface area contributed by atoms with E-state index in [0.29, 0.717) is 5.92 Å². The molecule has 1 spiro atoms. The van der Waals surface area contributed by atoms with Gasteiger partial charge in [0.15, 0.2) is 0 Å². The average molecular weight is 298 g/mol. The Labute approximate surface area is 128 Å². The SMILES string of the molecule is CC(C)C1CCCC(N)(C2CCOC3(CCSC3)C2)C1. The molecule has 1 aliphatic carbocycles. The third-order valence-electron chi connectivity index (χ3n) is 6.18. The summed E-state index contributed by atoms with van der Waals surface area (Å²) in [5.74, 6) is 4.79. The molecule has 0 radical (unpaired) electrons. The van der Waals surface area contributed by atoms with Crippen molar-refractivity contribution in [3.8, 4) is 0 Å². The minimum Gasteiger partial charge on any atom is -0.374 e. The van der Waals surface area contributed by atoms with Gasteiger partial charge in [0.1, 0.15) is 0 Å². The van der Waals surface area contributed by atoms with Crippen LogP contribution in [0.5, 0.6) is 0 Å². The molecule has 0 aromatic rings. The number of hydrogen-bond donors (Lipinski definition) is 1. The topological polar surface area (TPSA) is 35.2 Å². The monoisotopic (exact) mass is 297 g/mol. The summed E-state index contributed by atoms with van der Waals surface area (Å²) in [6.07, 6.45) is 8.87. The first-order valence-electron chi connectivity index (χ1n) is 8.54. The van der Waals surface area contributed by atoms with Crippen molar-refractivity contribution in [3.63, 3.8) is 0 Å². The van der Waals surface area contributed by atoms with E-state index < -0.39 is 0 Å². The molecular weight excluding hydrogens is 266 g/mol. The summed E-state index contributed by atoms with van der Waals surface area (Å²) < 4.78 is 6.19. The van der Waals surface area contributed by atoms with E-state index >= 15 is 0 Å². The van der Waals surface area contributed by atoms with Gasteiger partial charge >= 0.3 is 0 Å². The molecule has 4 unspecified atom stereocenters. The minimum atomic E-state index is 0.0945. The lowest BCUT2D eigenvalue weighted by molar-refractivity contribution is -0.0982. The van der Waals surface area contributed by atoms with Crippen LogP contribution in [0.15, 0.2) is 0 Å². The van der Waals surface area contributed by atoms with Crippen molar-refractivity contribution < 1.29 is 4.74 Å². The highest BCUT2D eigenvalue weighted by Gasteiger charge is 2.48. The zero-order valence-electron chi connectivity index (χ0n) is 13.2. The highest BCUT2D eigenvalue weighted by atomic mass is 32.2. The molecule has 0 aromatic heterocycles. The molecule has 0 bridgehead atoms. The first-order valence-corrected chi connectivity index (χ1v) is 9.69. The maximum absolute atomic E-state index is 6.95. The second-order valence-electron chi connectivity index (χ2n) is 7.86. The Morgan fingerprint density at radius 3 is 2.75 bits per heavy atom. The standard InChI is InChI=1S/C17H31NOS/c1-13(2)14-4-3-6-17(18,10-14)15-5-8-19-16(11-15)7-9-20-12-16/h13-15H,3-12,18H2,1-2H3. The maximum atomic E-state index is 6.95. The number of hydrogen-bond acceptors (Lipinski definition) is 3. The van der Waals surface area contributed by atoms with E-state index in [-0.39, 0.29) is 11.1 Å². The molecule has 2 heterocycles. The molecule has 4 atom stereocenters. The van der Waals surface area contributed by atoms with Crippen LogP contribution in [0.1, 0.15) is 58.8 Å².